The SMILES string of the molecule is Cc1ccccc1-c1c2oc3cc(C#N)ccc3c2cc[n+]1C. The molecular formula is C20H15N2O+. The van der Waals surface area contributed by atoms with Crippen molar-refractivity contribution in [3.63, 3.8) is 0 Å². The molecule has 0 radical (unpaired) electrons. The second-order valence-corrected chi connectivity index (χ2v) is 5.76. The van der Waals surface area contributed by atoms with Gasteiger partial charge in [0.15, 0.2) is 6.20 Å². The molecular weight excluding hydrogens is 284 g/mol. The zero-order valence-corrected chi connectivity index (χ0v) is 13.0. The van der Waals surface area contributed by atoms with Gasteiger partial charge in [-0.05, 0) is 36.8 Å². The van der Waals surface area contributed by atoms with Gasteiger partial charge in [-0.3, -0.25) is 0 Å². The van der Waals surface area contributed by atoms with E-state index in [0.29, 0.717) is 5.56 Å². The van der Waals surface area contributed by atoms with Gasteiger partial charge in [0.05, 0.1) is 17.2 Å². The van der Waals surface area contributed by atoms with Crippen molar-refractivity contribution >= 4 is 21.9 Å². The number of nitrogens with zero attached hydrogens (tertiary/aromatic N) is 2. The van der Waals surface area contributed by atoms with Crippen molar-refractivity contribution in [1.29, 1.82) is 5.26 Å². The molecule has 0 aliphatic rings. The van der Waals surface area contributed by atoms with Crippen LogP contribution in [0.25, 0.3) is 33.2 Å². The first-order chi connectivity index (χ1) is 11.2. The molecule has 0 aliphatic carbocycles. The van der Waals surface area contributed by atoms with Crippen LogP contribution < -0.4 is 4.57 Å². The van der Waals surface area contributed by atoms with E-state index in [4.69, 9.17) is 9.68 Å². The summed E-state index contributed by atoms with van der Waals surface area (Å²) in [6, 6.07) is 18.1. The number of aryl methyl sites for hydroxylation is 2. The van der Waals surface area contributed by atoms with E-state index in [9.17, 15) is 0 Å². The molecule has 0 saturated carbocycles. The van der Waals surface area contributed by atoms with E-state index in [0.717, 1.165) is 33.2 Å². The van der Waals surface area contributed by atoms with Gasteiger partial charge >= 0.3 is 0 Å². The van der Waals surface area contributed by atoms with Crippen LogP contribution >= 0.6 is 0 Å². The fourth-order valence-electron chi connectivity index (χ4n) is 3.10. The summed E-state index contributed by atoms with van der Waals surface area (Å²) in [7, 11) is 2.02. The standard InChI is InChI=1S/C20H15N2O/c1-13-5-3-4-6-15(13)19-20-17(9-10-22(19)2)16-8-7-14(12-21)11-18(16)23-20/h3-11H,1-2H3/q+1. The highest BCUT2D eigenvalue weighted by Gasteiger charge is 2.21. The molecule has 0 spiro atoms. The van der Waals surface area contributed by atoms with Gasteiger partial charge in [-0.1, -0.05) is 18.2 Å². The highest BCUT2D eigenvalue weighted by atomic mass is 16.3. The van der Waals surface area contributed by atoms with Crippen LogP contribution in [-0.2, 0) is 7.05 Å². The predicted octanol–water partition coefficient (Wildman–Crippen LogP) is 4.26. The zero-order valence-electron chi connectivity index (χ0n) is 13.0. The summed E-state index contributed by atoms with van der Waals surface area (Å²) in [5, 5.41) is 11.2. The second kappa shape index (κ2) is 4.96. The Hall–Kier alpha value is -3.12. The van der Waals surface area contributed by atoms with E-state index < -0.39 is 0 Å². The topological polar surface area (TPSA) is 40.8 Å². The van der Waals surface area contributed by atoms with Crippen LogP contribution in [0.4, 0.5) is 0 Å². The average molecular weight is 299 g/mol. The van der Waals surface area contributed by atoms with E-state index in [1.54, 1.807) is 6.07 Å². The van der Waals surface area contributed by atoms with Crippen LogP contribution in [0.3, 0.4) is 0 Å². The van der Waals surface area contributed by atoms with Gasteiger partial charge in [0.1, 0.15) is 12.6 Å². The third-order valence-electron chi connectivity index (χ3n) is 4.29. The van der Waals surface area contributed by atoms with Crippen LogP contribution in [-0.4, -0.2) is 0 Å². The molecule has 0 amide bonds. The Labute approximate surface area is 134 Å². The van der Waals surface area contributed by atoms with Gasteiger partial charge in [0.2, 0.25) is 5.58 Å². The first-order valence-electron chi connectivity index (χ1n) is 7.50. The van der Waals surface area contributed by atoms with Gasteiger partial charge in [0.25, 0.3) is 5.69 Å². The summed E-state index contributed by atoms with van der Waals surface area (Å²) in [5.74, 6) is 0. The van der Waals surface area contributed by atoms with E-state index in [2.05, 4.69) is 42.0 Å². The van der Waals surface area contributed by atoms with Crippen molar-refractivity contribution < 1.29 is 8.98 Å². The molecule has 3 heteroatoms. The minimum absolute atomic E-state index is 0.610. The molecule has 0 atom stereocenters. The number of fused-ring (bicyclic) bond motifs is 3. The summed E-state index contributed by atoms with van der Waals surface area (Å²) in [6.07, 6.45) is 2.05. The molecule has 3 nitrogen and oxygen atoms in total. The fraction of sp³-hybridized carbons (Fsp3) is 0.100. The zero-order chi connectivity index (χ0) is 16.0. The molecule has 0 saturated heterocycles. The van der Waals surface area contributed by atoms with Crippen LogP contribution in [0.15, 0.2) is 59.1 Å². The molecule has 0 unspecified atom stereocenters. The number of nitriles is 1. The predicted molar refractivity (Wildman–Crippen MR) is 89.8 cm³/mol. The summed E-state index contributed by atoms with van der Waals surface area (Å²) >= 11 is 0. The lowest BCUT2D eigenvalue weighted by Gasteiger charge is -2.04. The lowest BCUT2D eigenvalue weighted by Crippen LogP contribution is -2.30. The number of benzene rings is 2. The van der Waals surface area contributed by atoms with E-state index in [1.165, 1.54) is 5.56 Å². The maximum atomic E-state index is 9.09. The molecule has 0 fully saturated rings. The first kappa shape index (κ1) is 13.5. The summed E-state index contributed by atoms with van der Waals surface area (Å²) in [4.78, 5) is 0. The van der Waals surface area contributed by atoms with Crippen molar-refractivity contribution in [1.82, 2.24) is 0 Å². The van der Waals surface area contributed by atoms with E-state index >= 15 is 0 Å². The molecule has 0 bridgehead atoms. The summed E-state index contributed by atoms with van der Waals surface area (Å²) in [5.41, 5.74) is 5.62. The maximum absolute atomic E-state index is 9.09. The van der Waals surface area contributed by atoms with Crippen LogP contribution in [0.5, 0.6) is 0 Å². The van der Waals surface area contributed by atoms with Gasteiger partial charge < -0.3 is 4.42 Å². The highest BCUT2D eigenvalue weighted by Crippen LogP contribution is 2.34. The fourth-order valence-corrected chi connectivity index (χ4v) is 3.10. The summed E-state index contributed by atoms with van der Waals surface area (Å²) in [6.45, 7) is 2.10. The van der Waals surface area contributed by atoms with Gasteiger partial charge in [-0.25, -0.2) is 0 Å². The van der Waals surface area contributed by atoms with Gasteiger partial charge in [-0.2, -0.15) is 9.83 Å². The molecule has 4 rings (SSSR count). The van der Waals surface area contributed by atoms with Crippen molar-refractivity contribution in [3.8, 4) is 17.3 Å². The van der Waals surface area contributed by atoms with Crippen LogP contribution in [0.1, 0.15) is 11.1 Å². The Kier molecular flexibility index (Phi) is 2.92. The number of hydrogen-bond acceptors (Lipinski definition) is 2. The Morgan fingerprint density at radius 2 is 1.87 bits per heavy atom. The molecule has 0 aliphatic heterocycles. The quantitative estimate of drug-likeness (QED) is 0.493. The van der Waals surface area contributed by atoms with Crippen molar-refractivity contribution in [2.75, 3.05) is 0 Å². The smallest absolute Gasteiger partial charge is 0.256 e. The first-order valence-corrected chi connectivity index (χ1v) is 7.50. The molecule has 0 N–H and O–H groups in total. The van der Waals surface area contributed by atoms with Gasteiger partial charge in [0, 0.05) is 16.8 Å². The molecule has 2 aromatic carbocycles. The maximum Gasteiger partial charge on any atom is 0.256 e. The monoisotopic (exact) mass is 299 g/mol. The lowest BCUT2D eigenvalue weighted by atomic mass is 10.0. The van der Waals surface area contributed by atoms with Crippen LogP contribution in [0, 0.1) is 18.3 Å². The number of hydrogen-bond donors (Lipinski definition) is 0. The Bertz CT molecular complexity index is 1100. The molecule has 2 heterocycles. The minimum Gasteiger partial charge on any atom is -0.449 e. The number of pyridine rings is 1. The number of furan rings is 1. The van der Waals surface area contributed by atoms with Crippen molar-refractivity contribution in [3.05, 3.63) is 65.9 Å². The van der Waals surface area contributed by atoms with Crippen molar-refractivity contribution in [2.24, 2.45) is 7.05 Å². The van der Waals surface area contributed by atoms with Crippen molar-refractivity contribution in [2.45, 2.75) is 6.92 Å². The molecule has 110 valence electrons. The Balaban J connectivity index is 2.14. The normalized spacial score (nSPS) is 11.0. The minimum atomic E-state index is 0.610. The number of rotatable bonds is 1. The lowest BCUT2D eigenvalue weighted by molar-refractivity contribution is -0.659. The van der Waals surface area contributed by atoms with E-state index in [-0.39, 0.29) is 0 Å². The average Bonchev–Trinajstić information content (AvgIpc) is 2.93. The Morgan fingerprint density at radius 3 is 2.65 bits per heavy atom. The molecule has 4 aromatic rings. The molecule has 2 aromatic heterocycles. The third-order valence-corrected chi connectivity index (χ3v) is 4.29. The Morgan fingerprint density at radius 1 is 1.04 bits per heavy atom. The largest absolute Gasteiger partial charge is 0.449 e. The van der Waals surface area contributed by atoms with Gasteiger partial charge in [-0.15, -0.1) is 0 Å². The van der Waals surface area contributed by atoms with Crippen LogP contribution in [0.2, 0.25) is 0 Å². The highest BCUT2D eigenvalue weighted by molar-refractivity contribution is 6.08. The number of aromatic nitrogens is 1. The summed E-state index contributed by atoms with van der Waals surface area (Å²) < 4.78 is 8.23. The van der Waals surface area contributed by atoms with E-state index in [1.807, 2.05) is 31.3 Å². The third kappa shape index (κ3) is 2.00. The second-order valence-electron chi connectivity index (χ2n) is 5.76. The molecule has 23 heavy (non-hydrogen) atoms.